The summed E-state index contributed by atoms with van der Waals surface area (Å²) in [5.41, 5.74) is 0. The smallest absolute Gasteiger partial charge is 0.234 e. The molecule has 0 heterocycles. The lowest BCUT2D eigenvalue weighted by Crippen LogP contribution is -2.37. The summed E-state index contributed by atoms with van der Waals surface area (Å²) >= 11 is 10.6. The number of amides is 2. The summed E-state index contributed by atoms with van der Waals surface area (Å²) in [6.45, 7) is 4.12. The van der Waals surface area contributed by atoms with Gasteiger partial charge < -0.3 is 21.3 Å². The Bertz CT molecular complexity index is 218. The maximum absolute atomic E-state index is 10.8. The van der Waals surface area contributed by atoms with Gasteiger partial charge in [-0.2, -0.15) is 0 Å². The van der Waals surface area contributed by atoms with Crippen LogP contribution in [0.25, 0.3) is 0 Å². The molecule has 0 fully saturated rings. The van der Waals surface area contributed by atoms with Crippen molar-refractivity contribution in [2.45, 2.75) is 0 Å². The predicted octanol–water partition coefficient (Wildman–Crippen LogP) is -1.12. The Labute approximate surface area is 117 Å². The molecular formula is C10H20Cl2N4O2. The van der Waals surface area contributed by atoms with Crippen LogP contribution in [0.5, 0.6) is 0 Å². The van der Waals surface area contributed by atoms with Gasteiger partial charge in [-0.05, 0) is 0 Å². The number of nitrogens with one attached hydrogen (secondary N) is 4. The van der Waals surface area contributed by atoms with E-state index in [9.17, 15) is 9.59 Å². The molecule has 0 rings (SSSR count). The largest absolute Gasteiger partial charge is 0.354 e. The zero-order valence-electron chi connectivity index (χ0n) is 10.2. The van der Waals surface area contributed by atoms with Gasteiger partial charge >= 0.3 is 0 Å². The van der Waals surface area contributed by atoms with E-state index in [1.165, 1.54) is 0 Å². The van der Waals surface area contributed by atoms with E-state index in [-0.39, 0.29) is 23.6 Å². The summed E-state index contributed by atoms with van der Waals surface area (Å²) in [6.07, 6.45) is 0. The van der Waals surface area contributed by atoms with Crippen LogP contribution < -0.4 is 21.3 Å². The summed E-state index contributed by atoms with van der Waals surface area (Å²) in [5, 5.41) is 11.6. The molecule has 0 saturated carbocycles. The summed E-state index contributed by atoms with van der Waals surface area (Å²) in [5.74, 6) is -0.330. The number of hydrogen-bond donors (Lipinski definition) is 4. The van der Waals surface area contributed by atoms with Gasteiger partial charge in [0.15, 0.2) is 0 Å². The van der Waals surface area contributed by atoms with Gasteiger partial charge in [0.2, 0.25) is 11.8 Å². The molecule has 0 atom stereocenters. The van der Waals surface area contributed by atoms with Gasteiger partial charge in [-0.25, -0.2) is 0 Å². The van der Waals surface area contributed by atoms with Crippen LogP contribution in [0, 0.1) is 0 Å². The quantitative estimate of drug-likeness (QED) is 0.288. The highest BCUT2D eigenvalue weighted by molar-refractivity contribution is 6.27. The number of halogens is 2. The van der Waals surface area contributed by atoms with Crippen molar-refractivity contribution >= 4 is 35.0 Å². The molecule has 0 aromatic carbocycles. The molecule has 2 amide bonds. The highest BCUT2D eigenvalue weighted by Gasteiger charge is 1.96. The zero-order valence-corrected chi connectivity index (χ0v) is 11.7. The molecule has 0 radical (unpaired) electrons. The molecule has 6 nitrogen and oxygen atoms in total. The Morgan fingerprint density at radius 2 is 1.00 bits per heavy atom. The van der Waals surface area contributed by atoms with Crippen molar-refractivity contribution in [3.8, 4) is 0 Å². The van der Waals surface area contributed by atoms with Crippen molar-refractivity contribution in [2.24, 2.45) is 0 Å². The standard InChI is InChI=1S/C10H20Cl2N4O2/c11-7-9(17)15-5-3-13-1-2-14-4-6-16-10(18)8-12/h13-14H,1-8H2,(H,15,17)(H,16,18). The van der Waals surface area contributed by atoms with Gasteiger partial charge in [0.25, 0.3) is 0 Å². The second-order valence-corrected chi connectivity index (χ2v) is 4.00. The van der Waals surface area contributed by atoms with Crippen LogP contribution >= 0.6 is 23.2 Å². The Balaban J connectivity index is 3.07. The SMILES string of the molecule is O=C(CCl)NCCNCCNCCNC(=O)CCl. The van der Waals surface area contributed by atoms with Gasteiger partial charge in [0.1, 0.15) is 11.8 Å². The van der Waals surface area contributed by atoms with E-state index in [1.54, 1.807) is 0 Å². The molecule has 8 heteroatoms. The number of alkyl halides is 2. The Morgan fingerprint density at radius 3 is 1.33 bits per heavy atom. The third-order valence-corrected chi connectivity index (χ3v) is 2.45. The number of carbonyl (C=O) groups is 2. The summed E-state index contributed by atoms with van der Waals surface area (Å²) in [7, 11) is 0. The van der Waals surface area contributed by atoms with Gasteiger partial charge in [-0.3, -0.25) is 9.59 Å². The second-order valence-electron chi connectivity index (χ2n) is 3.47. The van der Waals surface area contributed by atoms with Crippen LogP contribution in [0.3, 0.4) is 0 Å². The average Bonchev–Trinajstić information content (AvgIpc) is 2.40. The maximum atomic E-state index is 10.8. The maximum Gasteiger partial charge on any atom is 0.234 e. The lowest BCUT2D eigenvalue weighted by molar-refractivity contribution is -0.119. The molecule has 0 aromatic rings. The minimum Gasteiger partial charge on any atom is -0.354 e. The van der Waals surface area contributed by atoms with Crippen LogP contribution in [-0.4, -0.2) is 62.8 Å². The third kappa shape index (κ3) is 11.9. The normalized spacial score (nSPS) is 10.1. The summed E-state index contributed by atoms with van der Waals surface area (Å²) in [6, 6.07) is 0. The number of hydrogen-bond acceptors (Lipinski definition) is 4. The van der Waals surface area contributed by atoms with E-state index in [0.29, 0.717) is 26.2 Å². The van der Waals surface area contributed by atoms with Crippen LogP contribution in [0.15, 0.2) is 0 Å². The van der Waals surface area contributed by atoms with Crippen LogP contribution in [0.2, 0.25) is 0 Å². The number of carbonyl (C=O) groups excluding carboxylic acids is 2. The zero-order chi connectivity index (χ0) is 13.6. The Kier molecular flexibility index (Phi) is 12.5. The van der Waals surface area contributed by atoms with Crippen LogP contribution in [0.4, 0.5) is 0 Å². The molecular weight excluding hydrogens is 279 g/mol. The van der Waals surface area contributed by atoms with Gasteiger partial charge in [0, 0.05) is 39.3 Å². The highest BCUT2D eigenvalue weighted by Crippen LogP contribution is 1.73. The van der Waals surface area contributed by atoms with Crippen molar-refractivity contribution in [1.29, 1.82) is 0 Å². The minimum atomic E-state index is -0.161. The Hall–Kier alpha value is -0.560. The number of rotatable bonds is 11. The molecule has 0 aliphatic carbocycles. The molecule has 4 N–H and O–H groups in total. The van der Waals surface area contributed by atoms with E-state index in [1.807, 2.05) is 0 Å². The molecule has 0 aliphatic heterocycles. The molecule has 0 unspecified atom stereocenters. The van der Waals surface area contributed by atoms with E-state index >= 15 is 0 Å². The molecule has 18 heavy (non-hydrogen) atoms. The van der Waals surface area contributed by atoms with Crippen LogP contribution in [0.1, 0.15) is 0 Å². The van der Waals surface area contributed by atoms with Crippen molar-refractivity contribution < 1.29 is 9.59 Å². The van der Waals surface area contributed by atoms with Crippen molar-refractivity contribution in [3.05, 3.63) is 0 Å². The fourth-order valence-corrected chi connectivity index (χ4v) is 1.29. The second kappa shape index (κ2) is 12.9. The molecule has 0 aliphatic rings. The van der Waals surface area contributed by atoms with Gasteiger partial charge in [0.05, 0.1) is 0 Å². The van der Waals surface area contributed by atoms with E-state index < -0.39 is 0 Å². The first-order valence-corrected chi connectivity index (χ1v) is 6.84. The molecule has 106 valence electrons. The van der Waals surface area contributed by atoms with E-state index in [4.69, 9.17) is 23.2 Å². The van der Waals surface area contributed by atoms with Crippen molar-refractivity contribution in [3.63, 3.8) is 0 Å². The van der Waals surface area contributed by atoms with Crippen molar-refractivity contribution in [2.75, 3.05) is 51.0 Å². The fourth-order valence-electron chi connectivity index (χ4n) is 1.10. The van der Waals surface area contributed by atoms with E-state index in [0.717, 1.165) is 13.1 Å². The first kappa shape index (κ1) is 17.4. The van der Waals surface area contributed by atoms with Gasteiger partial charge in [-0.1, -0.05) is 0 Å². The molecule has 0 saturated heterocycles. The molecule has 0 spiro atoms. The van der Waals surface area contributed by atoms with Gasteiger partial charge in [-0.15, -0.1) is 23.2 Å². The summed E-state index contributed by atoms with van der Waals surface area (Å²) in [4.78, 5) is 21.5. The minimum absolute atomic E-state index is 0.00439. The Morgan fingerprint density at radius 1 is 0.667 bits per heavy atom. The van der Waals surface area contributed by atoms with Crippen molar-refractivity contribution in [1.82, 2.24) is 21.3 Å². The third-order valence-electron chi connectivity index (χ3n) is 1.97. The van der Waals surface area contributed by atoms with E-state index in [2.05, 4.69) is 21.3 Å². The highest BCUT2D eigenvalue weighted by atomic mass is 35.5. The molecule has 0 bridgehead atoms. The molecule has 0 aromatic heterocycles. The fraction of sp³-hybridized carbons (Fsp3) is 0.800. The van der Waals surface area contributed by atoms with Crippen LogP contribution in [-0.2, 0) is 9.59 Å². The monoisotopic (exact) mass is 298 g/mol. The topological polar surface area (TPSA) is 82.3 Å². The first-order valence-electron chi connectivity index (χ1n) is 5.77. The summed E-state index contributed by atoms with van der Waals surface area (Å²) < 4.78 is 0. The average molecular weight is 299 g/mol. The lowest BCUT2D eigenvalue weighted by Gasteiger charge is -2.07. The predicted molar refractivity (Wildman–Crippen MR) is 73.2 cm³/mol. The first-order chi connectivity index (χ1) is 8.70. The lowest BCUT2D eigenvalue weighted by atomic mass is 10.5.